The number of carboxylic acids is 1. The molecular weight excluding hydrogens is 344 g/mol. The summed E-state index contributed by atoms with van der Waals surface area (Å²) in [5.41, 5.74) is 1.89. The zero-order valence-corrected chi connectivity index (χ0v) is 15.6. The first-order valence-electron chi connectivity index (χ1n) is 9.01. The minimum Gasteiger partial charge on any atom is -0.481 e. The quantitative estimate of drug-likeness (QED) is 0.878. The molecule has 1 aliphatic rings. The van der Waals surface area contributed by atoms with E-state index in [4.69, 9.17) is 4.74 Å². The number of amides is 1. The fraction of sp³-hybridized carbons (Fsp3) is 0.381. The van der Waals surface area contributed by atoms with Gasteiger partial charge in [-0.3, -0.25) is 14.6 Å². The third-order valence-electron chi connectivity index (χ3n) is 5.12. The number of carbonyl (C=O) groups excluding carboxylic acids is 1. The van der Waals surface area contributed by atoms with E-state index in [-0.39, 0.29) is 19.1 Å². The van der Waals surface area contributed by atoms with Crippen LogP contribution in [-0.2, 0) is 9.53 Å². The van der Waals surface area contributed by atoms with E-state index in [2.05, 4.69) is 4.98 Å². The molecule has 2 heterocycles. The Hall–Kier alpha value is -2.73. The van der Waals surface area contributed by atoms with Gasteiger partial charge in [0, 0.05) is 25.8 Å². The number of carbonyl (C=O) groups is 2. The van der Waals surface area contributed by atoms with Crippen molar-refractivity contribution in [3.05, 3.63) is 53.7 Å². The highest BCUT2D eigenvalue weighted by atomic mass is 16.5. The molecule has 1 aromatic carbocycles. The maximum atomic E-state index is 13.0. The van der Waals surface area contributed by atoms with Gasteiger partial charge in [0.2, 0.25) is 0 Å². The number of rotatable bonds is 5. The predicted octanol–water partition coefficient (Wildman–Crippen LogP) is 3.01. The second-order valence-corrected chi connectivity index (χ2v) is 7.04. The lowest BCUT2D eigenvalue weighted by atomic mass is 9.80. The van der Waals surface area contributed by atoms with Crippen molar-refractivity contribution in [3.8, 4) is 11.3 Å². The number of ether oxygens (including phenoxy) is 1. The van der Waals surface area contributed by atoms with Gasteiger partial charge in [0.25, 0.3) is 5.91 Å². The molecule has 0 bridgehead atoms. The summed E-state index contributed by atoms with van der Waals surface area (Å²) < 4.78 is 5.14. The van der Waals surface area contributed by atoms with Gasteiger partial charge in [0.05, 0.1) is 23.6 Å². The lowest BCUT2D eigenvalue weighted by Gasteiger charge is -2.39. The first kappa shape index (κ1) is 19.0. The number of carboxylic acid groups (broad SMARTS) is 1. The normalized spacial score (nSPS) is 19.7. The van der Waals surface area contributed by atoms with E-state index in [1.54, 1.807) is 11.0 Å². The van der Waals surface area contributed by atoms with Crippen molar-refractivity contribution in [2.45, 2.75) is 19.8 Å². The third kappa shape index (κ3) is 3.85. The SMILES string of the molecule is COCC1(C(=O)O)CCCN(C(=O)c2ccc(-c3ccccc3)nc2C)C1. The summed E-state index contributed by atoms with van der Waals surface area (Å²) in [4.78, 5) is 31.0. The number of aliphatic carboxylic acids is 1. The zero-order chi connectivity index (χ0) is 19.4. The molecule has 1 aliphatic heterocycles. The Kier molecular flexibility index (Phi) is 5.56. The molecule has 1 amide bonds. The summed E-state index contributed by atoms with van der Waals surface area (Å²) in [7, 11) is 1.49. The molecule has 6 heteroatoms. The van der Waals surface area contributed by atoms with Crippen LogP contribution < -0.4 is 0 Å². The molecule has 1 aromatic heterocycles. The van der Waals surface area contributed by atoms with Crippen LogP contribution in [0.25, 0.3) is 11.3 Å². The number of piperidine rings is 1. The van der Waals surface area contributed by atoms with E-state index in [9.17, 15) is 14.7 Å². The molecule has 0 radical (unpaired) electrons. The van der Waals surface area contributed by atoms with Crippen LogP contribution in [0.15, 0.2) is 42.5 Å². The maximum Gasteiger partial charge on any atom is 0.313 e. The number of hydrogen-bond donors (Lipinski definition) is 1. The van der Waals surface area contributed by atoms with Crippen molar-refractivity contribution in [2.24, 2.45) is 5.41 Å². The molecule has 2 aromatic rings. The van der Waals surface area contributed by atoms with Crippen LogP contribution in [-0.4, -0.2) is 53.7 Å². The van der Waals surface area contributed by atoms with Crippen molar-refractivity contribution in [1.29, 1.82) is 0 Å². The van der Waals surface area contributed by atoms with Crippen molar-refractivity contribution >= 4 is 11.9 Å². The average molecular weight is 368 g/mol. The van der Waals surface area contributed by atoms with Gasteiger partial charge in [-0.15, -0.1) is 0 Å². The Labute approximate surface area is 158 Å². The number of benzene rings is 1. The van der Waals surface area contributed by atoms with Crippen LogP contribution >= 0.6 is 0 Å². The van der Waals surface area contributed by atoms with Crippen LogP contribution in [0.2, 0.25) is 0 Å². The summed E-state index contributed by atoms with van der Waals surface area (Å²) in [6, 6.07) is 13.4. The standard InChI is InChI=1S/C21H24N2O4/c1-15-17(9-10-18(22-15)16-7-4-3-5-8-16)19(24)23-12-6-11-21(13-23,14-27-2)20(25)26/h3-5,7-10H,6,11-14H2,1-2H3,(H,25,26). The number of hydrogen-bond acceptors (Lipinski definition) is 4. The average Bonchev–Trinajstić information content (AvgIpc) is 2.68. The molecule has 1 N–H and O–H groups in total. The highest BCUT2D eigenvalue weighted by Crippen LogP contribution is 2.32. The Balaban J connectivity index is 1.84. The molecule has 0 saturated carbocycles. The second-order valence-electron chi connectivity index (χ2n) is 7.04. The van der Waals surface area contributed by atoms with Crippen molar-refractivity contribution in [2.75, 3.05) is 26.8 Å². The monoisotopic (exact) mass is 368 g/mol. The highest BCUT2D eigenvalue weighted by molar-refractivity contribution is 5.96. The van der Waals surface area contributed by atoms with E-state index in [1.807, 2.05) is 43.3 Å². The molecule has 3 rings (SSSR count). The minimum atomic E-state index is -1.05. The smallest absolute Gasteiger partial charge is 0.313 e. The van der Waals surface area contributed by atoms with E-state index < -0.39 is 11.4 Å². The molecule has 1 fully saturated rings. The van der Waals surface area contributed by atoms with Crippen LogP contribution in [0.5, 0.6) is 0 Å². The molecule has 0 aliphatic carbocycles. The summed E-state index contributed by atoms with van der Waals surface area (Å²) in [5.74, 6) is -1.10. The molecule has 27 heavy (non-hydrogen) atoms. The van der Waals surface area contributed by atoms with Crippen molar-refractivity contribution in [1.82, 2.24) is 9.88 Å². The lowest BCUT2D eigenvalue weighted by Crippen LogP contribution is -2.52. The van der Waals surface area contributed by atoms with Gasteiger partial charge in [0.15, 0.2) is 0 Å². The molecule has 1 saturated heterocycles. The number of methoxy groups -OCH3 is 1. The van der Waals surface area contributed by atoms with Gasteiger partial charge in [-0.2, -0.15) is 0 Å². The molecular formula is C21H24N2O4. The Bertz CT molecular complexity index is 833. The predicted molar refractivity (Wildman–Crippen MR) is 101 cm³/mol. The van der Waals surface area contributed by atoms with Gasteiger partial charge in [-0.25, -0.2) is 0 Å². The number of aromatic nitrogens is 1. The van der Waals surface area contributed by atoms with Crippen LogP contribution in [0, 0.1) is 12.3 Å². The summed E-state index contributed by atoms with van der Waals surface area (Å²) in [6.07, 6.45) is 1.14. The van der Waals surface area contributed by atoms with E-state index in [1.165, 1.54) is 7.11 Å². The van der Waals surface area contributed by atoms with Gasteiger partial charge in [-0.1, -0.05) is 30.3 Å². The fourth-order valence-electron chi connectivity index (χ4n) is 3.66. The largest absolute Gasteiger partial charge is 0.481 e. The summed E-state index contributed by atoms with van der Waals surface area (Å²) in [6.45, 7) is 2.59. The fourth-order valence-corrected chi connectivity index (χ4v) is 3.66. The third-order valence-corrected chi connectivity index (χ3v) is 5.12. The van der Waals surface area contributed by atoms with E-state index in [0.29, 0.717) is 30.6 Å². The molecule has 1 unspecified atom stereocenters. The Morgan fingerprint density at radius 2 is 1.96 bits per heavy atom. The summed E-state index contributed by atoms with van der Waals surface area (Å²) >= 11 is 0. The Morgan fingerprint density at radius 3 is 2.59 bits per heavy atom. The highest BCUT2D eigenvalue weighted by Gasteiger charge is 2.44. The van der Waals surface area contributed by atoms with Gasteiger partial charge in [0.1, 0.15) is 5.41 Å². The molecule has 6 nitrogen and oxygen atoms in total. The van der Waals surface area contributed by atoms with Crippen molar-refractivity contribution < 1.29 is 19.4 Å². The van der Waals surface area contributed by atoms with Gasteiger partial charge < -0.3 is 14.7 Å². The van der Waals surface area contributed by atoms with Crippen molar-refractivity contribution in [3.63, 3.8) is 0 Å². The van der Waals surface area contributed by atoms with Crippen LogP contribution in [0.4, 0.5) is 0 Å². The second kappa shape index (κ2) is 7.88. The first-order chi connectivity index (χ1) is 13.0. The topological polar surface area (TPSA) is 79.7 Å². The zero-order valence-electron chi connectivity index (χ0n) is 15.6. The maximum absolute atomic E-state index is 13.0. The van der Waals surface area contributed by atoms with Crippen LogP contribution in [0.3, 0.4) is 0 Å². The first-order valence-corrected chi connectivity index (χ1v) is 9.01. The van der Waals surface area contributed by atoms with Crippen LogP contribution in [0.1, 0.15) is 28.9 Å². The number of nitrogens with zero attached hydrogens (tertiary/aromatic N) is 2. The van der Waals surface area contributed by atoms with Gasteiger partial charge >= 0.3 is 5.97 Å². The van der Waals surface area contributed by atoms with E-state index >= 15 is 0 Å². The molecule has 142 valence electrons. The number of pyridine rings is 1. The molecule has 1 atom stereocenters. The summed E-state index contributed by atoms with van der Waals surface area (Å²) in [5, 5.41) is 9.68. The number of aryl methyl sites for hydroxylation is 1. The Morgan fingerprint density at radius 1 is 1.22 bits per heavy atom. The molecule has 0 spiro atoms. The lowest BCUT2D eigenvalue weighted by molar-refractivity contribution is -0.155. The van der Waals surface area contributed by atoms with Gasteiger partial charge in [-0.05, 0) is 31.9 Å². The van der Waals surface area contributed by atoms with E-state index in [0.717, 1.165) is 11.3 Å². The minimum absolute atomic E-state index is 0.0935. The number of likely N-dealkylation sites (tertiary alicyclic amines) is 1.